The van der Waals surface area contributed by atoms with Gasteiger partial charge in [-0.2, -0.15) is 0 Å². The minimum Gasteiger partial charge on any atom is -0.382 e. The number of carbonyl (C=O) groups excluding carboxylic acids is 1. The van der Waals surface area contributed by atoms with Gasteiger partial charge in [-0.1, -0.05) is 30.3 Å². The summed E-state index contributed by atoms with van der Waals surface area (Å²) in [4.78, 5) is 12.9. The molecule has 2 aromatic carbocycles. The molecule has 36 heavy (non-hydrogen) atoms. The summed E-state index contributed by atoms with van der Waals surface area (Å²) in [5.41, 5.74) is 9.56. The fourth-order valence-corrected chi connectivity index (χ4v) is 5.38. The maximum atomic E-state index is 12.9. The van der Waals surface area contributed by atoms with E-state index in [1.165, 1.54) is 5.56 Å². The van der Waals surface area contributed by atoms with Crippen molar-refractivity contribution in [3.8, 4) is 0 Å². The SMILES string of the molecule is O=C(NC1NNC2CC(OCCOCc3ccccc3)CCC21)c1ccc(NC2CCOCC2)cc1. The van der Waals surface area contributed by atoms with Crippen LogP contribution in [0, 0.1) is 5.92 Å². The van der Waals surface area contributed by atoms with Crippen LogP contribution in [0.2, 0.25) is 0 Å². The van der Waals surface area contributed by atoms with Crippen LogP contribution < -0.4 is 21.5 Å². The largest absolute Gasteiger partial charge is 0.382 e. The molecule has 1 saturated carbocycles. The van der Waals surface area contributed by atoms with E-state index in [1.807, 2.05) is 42.5 Å². The predicted molar refractivity (Wildman–Crippen MR) is 138 cm³/mol. The van der Waals surface area contributed by atoms with Crippen molar-refractivity contribution in [2.45, 2.75) is 63.1 Å². The second kappa shape index (κ2) is 12.7. The molecular weight excluding hydrogens is 456 g/mol. The third-order valence-corrected chi connectivity index (χ3v) is 7.43. The maximum Gasteiger partial charge on any atom is 0.252 e. The molecule has 3 fully saturated rings. The molecule has 5 rings (SSSR count). The number of ether oxygens (including phenoxy) is 3. The zero-order chi connectivity index (χ0) is 24.6. The molecule has 194 valence electrons. The molecule has 2 aliphatic heterocycles. The highest BCUT2D eigenvalue weighted by Crippen LogP contribution is 2.31. The number of hydrogen-bond acceptors (Lipinski definition) is 7. The van der Waals surface area contributed by atoms with Crippen molar-refractivity contribution in [2.24, 2.45) is 5.92 Å². The molecular formula is C28H38N4O4. The molecule has 8 heteroatoms. The summed E-state index contributed by atoms with van der Waals surface area (Å²) < 4.78 is 17.2. The first-order valence-electron chi connectivity index (χ1n) is 13.2. The van der Waals surface area contributed by atoms with Gasteiger partial charge in [-0.05, 0) is 61.9 Å². The zero-order valence-electron chi connectivity index (χ0n) is 20.8. The van der Waals surface area contributed by atoms with E-state index >= 15 is 0 Å². The Balaban J connectivity index is 1.01. The molecule has 1 aliphatic carbocycles. The average molecular weight is 495 g/mol. The quantitative estimate of drug-likeness (QED) is 0.377. The molecule has 8 nitrogen and oxygen atoms in total. The van der Waals surface area contributed by atoms with Gasteiger partial charge in [-0.3, -0.25) is 10.2 Å². The van der Waals surface area contributed by atoms with E-state index in [0.717, 1.165) is 51.0 Å². The van der Waals surface area contributed by atoms with Crippen LogP contribution in [0.3, 0.4) is 0 Å². The van der Waals surface area contributed by atoms with Crippen LogP contribution in [-0.2, 0) is 20.8 Å². The predicted octanol–water partition coefficient (Wildman–Crippen LogP) is 3.21. The lowest BCUT2D eigenvalue weighted by molar-refractivity contribution is -0.0239. The van der Waals surface area contributed by atoms with Gasteiger partial charge in [0.1, 0.15) is 0 Å². The highest BCUT2D eigenvalue weighted by molar-refractivity contribution is 5.94. The average Bonchev–Trinajstić information content (AvgIpc) is 3.32. The summed E-state index contributed by atoms with van der Waals surface area (Å²) in [6, 6.07) is 18.7. The fraction of sp³-hybridized carbons (Fsp3) is 0.536. The van der Waals surface area contributed by atoms with E-state index in [9.17, 15) is 4.79 Å². The minimum atomic E-state index is -0.0855. The third kappa shape index (κ3) is 6.83. The van der Waals surface area contributed by atoms with Crippen LogP contribution in [0.1, 0.15) is 48.0 Å². The van der Waals surface area contributed by atoms with Gasteiger partial charge < -0.3 is 24.8 Å². The van der Waals surface area contributed by atoms with E-state index in [0.29, 0.717) is 37.3 Å². The van der Waals surface area contributed by atoms with Gasteiger partial charge in [0.2, 0.25) is 0 Å². The van der Waals surface area contributed by atoms with Crippen LogP contribution in [0.4, 0.5) is 5.69 Å². The summed E-state index contributed by atoms with van der Waals surface area (Å²) in [5, 5.41) is 6.71. The van der Waals surface area contributed by atoms with Crippen molar-refractivity contribution in [2.75, 3.05) is 31.7 Å². The topological polar surface area (TPSA) is 92.9 Å². The van der Waals surface area contributed by atoms with Crippen molar-refractivity contribution >= 4 is 11.6 Å². The standard InChI is InChI=1S/C28H38N4O4/c33-28(21-6-8-22(9-7-21)29-23-12-14-34-15-13-23)30-27-25-11-10-24(18-26(25)31-32-27)36-17-16-35-19-20-4-2-1-3-5-20/h1-9,23-27,29,31-32H,10-19H2,(H,30,33). The first-order chi connectivity index (χ1) is 17.7. The number of nitrogens with one attached hydrogen (secondary N) is 4. The smallest absolute Gasteiger partial charge is 0.252 e. The highest BCUT2D eigenvalue weighted by Gasteiger charge is 2.41. The second-order valence-corrected chi connectivity index (χ2v) is 9.96. The van der Waals surface area contributed by atoms with Crippen molar-refractivity contribution in [1.82, 2.24) is 16.2 Å². The van der Waals surface area contributed by atoms with Gasteiger partial charge >= 0.3 is 0 Å². The summed E-state index contributed by atoms with van der Waals surface area (Å²) in [6.45, 7) is 3.41. The minimum absolute atomic E-state index is 0.0542. The lowest BCUT2D eigenvalue weighted by Crippen LogP contribution is -2.47. The fourth-order valence-electron chi connectivity index (χ4n) is 5.38. The zero-order valence-corrected chi connectivity index (χ0v) is 20.8. The first-order valence-corrected chi connectivity index (χ1v) is 13.2. The van der Waals surface area contributed by atoms with Gasteiger partial charge in [0, 0.05) is 42.5 Å². The Bertz CT molecular complexity index is 952. The Morgan fingerprint density at radius 1 is 0.944 bits per heavy atom. The molecule has 0 aromatic heterocycles. The maximum absolute atomic E-state index is 12.9. The number of hydrazine groups is 1. The lowest BCUT2D eigenvalue weighted by Gasteiger charge is -2.32. The van der Waals surface area contributed by atoms with Crippen molar-refractivity contribution in [3.63, 3.8) is 0 Å². The molecule has 1 amide bonds. The van der Waals surface area contributed by atoms with Gasteiger partial charge in [0.25, 0.3) is 5.91 Å². The number of anilines is 1. The van der Waals surface area contributed by atoms with Crippen molar-refractivity contribution in [3.05, 3.63) is 65.7 Å². The van der Waals surface area contributed by atoms with Crippen LogP contribution in [0.5, 0.6) is 0 Å². The van der Waals surface area contributed by atoms with E-state index < -0.39 is 0 Å². The van der Waals surface area contributed by atoms with Gasteiger partial charge in [0.05, 0.1) is 32.1 Å². The Morgan fingerprint density at radius 2 is 1.75 bits per heavy atom. The molecule has 3 aliphatic rings. The van der Waals surface area contributed by atoms with E-state index in [-0.39, 0.29) is 24.2 Å². The van der Waals surface area contributed by atoms with Crippen LogP contribution >= 0.6 is 0 Å². The van der Waals surface area contributed by atoms with Crippen LogP contribution in [0.15, 0.2) is 54.6 Å². The summed E-state index contributed by atoms with van der Waals surface area (Å²) in [6.07, 6.45) is 5.07. The molecule has 2 saturated heterocycles. The molecule has 2 heterocycles. The Hall–Kier alpha value is -2.49. The summed E-state index contributed by atoms with van der Waals surface area (Å²) >= 11 is 0. The monoisotopic (exact) mass is 494 g/mol. The Kier molecular flexibility index (Phi) is 8.85. The van der Waals surface area contributed by atoms with Crippen molar-refractivity contribution < 1.29 is 19.0 Å². The molecule has 4 atom stereocenters. The van der Waals surface area contributed by atoms with Gasteiger partial charge in [0.15, 0.2) is 0 Å². The number of amides is 1. The number of rotatable bonds is 10. The molecule has 4 unspecified atom stereocenters. The Labute approximate surface area is 213 Å². The van der Waals surface area contributed by atoms with Crippen molar-refractivity contribution in [1.29, 1.82) is 0 Å². The van der Waals surface area contributed by atoms with E-state index in [2.05, 4.69) is 33.6 Å². The normalized spacial score (nSPS) is 26.3. The molecule has 0 radical (unpaired) electrons. The van der Waals surface area contributed by atoms with Gasteiger partial charge in [-0.25, -0.2) is 5.43 Å². The van der Waals surface area contributed by atoms with Crippen LogP contribution in [0.25, 0.3) is 0 Å². The molecule has 4 N–H and O–H groups in total. The van der Waals surface area contributed by atoms with E-state index in [4.69, 9.17) is 14.2 Å². The Morgan fingerprint density at radius 3 is 2.56 bits per heavy atom. The number of benzene rings is 2. The lowest BCUT2D eigenvalue weighted by atomic mass is 9.82. The highest BCUT2D eigenvalue weighted by atomic mass is 16.5. The number of hydrogen-bond donors (Lipinski definition) is 4. The summed E-state index contributed by atoms with van der Waals surface area (Å²) in [7, 11) is 0. The first kappa shape index (κ1) is 25.2. The second-order valence-electron chi connectivity index (χ2n) is 9.96. The van der Waals surface area contributed by atoms with Crippen LogP contribution in [-0.4, -0.2) is 56.7 Å². The van der Waals surface area contributed by atoms with E-state index in [1.54, 1.807) is 0 Å². The molecule has 0 bridgehead atoms. The number of fused-ring (bicyclic) bond motifs is 1. The molecule has 2 aromatic rings. The van der Waals surface area contributed by atoms with Gasteiger partial charge in [-0.15, -0.1) is 0 Å². The summed E-state index contributed by atoms with van der Waals surface area (Å²) in [5.74, 6) is 0.291. The number of carbonyl (C=O) groups is 1. The third-order valence-electron chi connectivity index (χ3n) is 7.43. The molecule has 0 spiro atoms.